The standard InChI is InChI=1S/C18H18O2/c1-13(19)17-11-18(17)15-8-5-9-16(10-15)20-12-14-6-3-2-4-7-14/h2-10,17-18H,11-12H2,1H3. The van der Waals surface area contributed by atoms with E-state index >= 15 is 0 Å². The van der Waals surface area contributed by atoms with Crippen LogP contribution in [0.1, 0.15) is 30.4 Å². The van der Waals surface area contributed by atoms with Crippen LogP contribution >= 0.6 is 0 Å². The fraction of sp³-hybridized carbons (Fsp3) is 0.278. The number of Topliss-reactive ketones (excluding diaryl/α,β-unsaturated/α-hetero) is 1. The normalized spacial score (nSPS) is 20.4. The molecule has 1 aliphatic carbocycles. The molecule has 0 aliphatic heterocycles. The average molecular weight is 266 g/mol. The molecule has 2 atom stereocenters. The highest BCUT2D eigenvalue weighted by Gasteiger charge is 2.41. The maximum absolute atomic E-state index is 11.4. The van der Waals surface area contributed by atoms with Crippen molar-refractivity contribution in [2.45, 2.75) is 25.9 Å². The summed E-state index contributed by atoms with van der Waals surface area (Å²) in [6.45, 7) is 2.26. The Morgan fingerprint density at radius 1 is 1.15 bits per heavy atom. The first kappa shape index (κ1) is 12.9. The Labute approximate surface area is 119 Å². The minimum Gasteiger partial charge on any atom is -0.489 e. The van der Waals surface area contributed by atoms with Gasteiger partial charge in [0.2, 0.25) is 0 Å². The molecule has 2 unspecified atom stereocenters. The lowest BCUT2D eigenvalue weighted by Gasteiger charge is -2.08. The van der Waals surface area contributed by atoms with E-state index in [0.717, 1.165) is 17.7 Å². The summed E-state index contributed by atoms with van der Waals surface area (Å²) in [7, 11) is 0. The van der Waals surface area contributed by atoms with Crippen molar-refractivity contribution in [2.75, 3.05) is 0 Å². The smallest absolute Gasteiger partial charge is 0.133 e. The van der Waals surface area contributed by atoms with Crippen LogP contribution in [0.4, 0.5) is 0 Å². The van der Waals surface area contributed by atoms with E-state index in [-0.39, 0.29) is 5.92 Å². The number of rotatable bonds is 5. The van der Waals surface area contributed by atoms with Gasteiger partial charge in [-0.2, -0.15) is 0 Å². The predicted molar refractivity (Wildman–Crippen MR) is 78.7 cm³/mol. The SMILES string of the molecule is CC(=O)C1CC1c1cccc(OCc2ccccc2)c1. The zero-order chi connectivity index (χ0) is 13.9. The van der Waals surface area contributed by atoms with E-state index in [2.05, 4.69) is 24.3 Å². The summed E-state index contributed by atoms with van der Waals surface area (Å²) in [6.07, 6.45) is 0.984. The van der Waals surface area contributed by atoms with Crippen LogP contribution in [0.2, 0.25) is 0 Å². The number of ketones is 1. The lowest BCUT2D eigenvalue weighted by atomic mass is 10.1. The molecular formula is C18H18O2. The molecule has 0 N–H and O–H groups in total. The Morgan fingerprint density at radius 2 is 1.95 bits per heavy atom. The van der Waals surface area contributed by atoms with Crippen LogP contribution in [0.5, 0.6) is 5.75 Å². The number of carbonyl (C=O) groups is 1. The summed E-state index contributed by atoms with van der Waals surface area (Å²) >= 11 is 0. The summed E-state index contributed by atoms with van der Waals surface area (Å²) < 4.78 is 5.82. The first-order valence-corrected chi connectivity index (χ1v) is 7.01. The Bertz CT molecular complexity index is 604. The zero-order valence-electron chi connectivity index (χ0n) is 11.6. The summed E-state index contributed by atoms with van der Waals surface area (Å²) in [5.41, 5.74) is 2.38. The fourth-order valence-electron chi connectivity index (χ4n) is 2.59. The number of carbonyl (C=O) groups excluding carboxylic acids is 1. The van der Waals surface area contributed by atoms with Gasteiger partial charge < -0.3 is 4.74 Å². The minimum absolute atomic E-state index is 0.222. The Balaban J connectivity index is 1.65. The molecule has 1 saturated carbocycles. The molecule has 3 rings (SSSR count). The zero-order valence-corrected chi connectivity index (χ0v) is 11.6. The predicted octanol–water partition coefficient (Wildman–Crippen LogP) is 3.96. The van der Waals surface area contributed by atoms with E-state index in [1.807, 2.05) is 30.3 Å². The van der Waals surface area contributed by atoms with Crippen molar-refractivity contribution in [3.8, 4) is 5.75 Å². The molecule has 2 nitrogen and oxygen atoms in total. The molecule has 0 radical (unpaired) electrons. The van der Waals surface area contributed by atoms with Gasteiger partial charge in [-0.1, -0.05) is 42.5 Å². The van der Waals surface area contributed by atoms with Crippen molar-refractivity contribution in [3.05, 3.63) is 65.7 Å². The second-order valence-corrected chi connectivity index (χ2v) is 5.41. The molecule has 0 bridgehead atoms. The van der Waals surface area contributed by atoms with Gasteiger partial charge in [0.15, 0.2) is 0 Å². The summed E-state index contributed by atoms with van der Waals surface area (Å²) in [6, 6.07) is 18.3. The Morgan fingerprint density at radius 3 is 2.65 bits per heavy atom. The van der Waals surface area contributed by atoms with Gasteiger partial charge in [-0.3, -0.25) is 4.79 Å². The van der Waals surface area contributed by atoms with E-state index in [0.29, 0.717) is 18.3 Å². The molecule has 2 aromatic rings. The van der Waals surface area contributed by atoms with Crippen LogP contribution in [0.3, 0.4) is 0 Å². The number of ether oxygens (including phenoxy) is 1. The van der Waals surface area contributed by atoms with Crippen LogP contribution in [-0.4, -0.2) is 5.78 Å². The highest BCUT2D eigenvalue weighted by molar-refractivity contribution is 5.82. The third-order valence-corrected chi connectivity index (χ3v) is 3.85. The van der Waals surface area contributed by atoms with Crippen LogP contribution < -0.4 is 4.74 Å². The molecule has 0 amide bonds. The van der Waals surface area contributed by atoms with E-state index < -0.39 is 0 Å². The molecule has 1 aliphatic rings. The molecular weight excluding hydrogens is 248 g/mol. The van der Waals surface area contributed by atoms with Gasteiger partial charge in [-0.15, -0.1) is 0 Å². The number of hydrogen-bond acceptors (Lipinski definition) is 2. The molecule has 0 heterocycles. The van der Waals surface area contributed by atoms with Gasteiger partial charge in [0.05, 0.1) is 0 Å². The summed E-state index contributed by atoms with van der Waals surface area (Å²) in [5, 5.41) is 0. The largest absolute Gasteiger partial charge is 0.489 e. The molecule has 2 aromatic carbocycles. The van der Waals surface area contributed by atoms with Gasteiger partial charge in [0, 0.05) is 5.92 Å². The molecule has 0 spiro atoms. The van der Waals surface area contributed by atoms with Crippen LogP contribution in [0.15, 0.2) is 54.6 Å². The van der Waals surface area contributed by atoms with Crippen molar-refractivity contribution >= 4 is 5.78 Å². The summed E-state index contributed by atoms with van der Waals surface area (Å²) in [4.78, 5) is 11.4. The van der Waals surface area contributed by atoms with Crippen LogP contribution in [-0.2, 0) is 11.4 Å². The number of hydrogen-bond donors (Lipinski definition) is 0. The lowest BCUT2D eigenvalue weighted by molar-refractivity contribution is -0.118. The molecule has 20 heavy (non-hydrogen) atoms. The van der Waals surface area contributed by atoms with E-state index in [4.69, 9.17) is 4.74 Å². The third kappa shape index (κ3) is 2.90. The van der Waals surface area contributed by atoms with Gasteiger partial charge in [0.25, 0.3) is 0 Å². The molecule has 2 heteroatoms. The van der Waals surface area contributed by atoms with E-state index in [1.54, 1.807) is 6.92 Å². The van der Waals surface area contributed by atoms with Crippen molar-refractivity contribution in [3.63, 3.8) is 0 Å². The highest BCUT2D eigenvalue weighted by Crippen LogP contribution is 2.48. The maximum atomic E-state index is 11.4. The quantitative estimate of drug-likeness (QED) is 0.819. The van der Waals surface area contributed by atoms with E-state index in [9.17, 15) is 4.79 Å². The monoisotopic (exact) mass is 266 g/mol. The van der Waals surface area contributed by atoms with Crippen molar-refractivity contribution in [1.82, 2.24) is 0 Å². The summed E-state index contributed by atoms with van der Waals surface area (Å²) in [5.74, 6) is 1.79. The van der Waals surface area contributed by atoms with Crippen molar-refractivity contribution < 1.29 is 9.53 Å². The third-order valence-electron chi connectivity index (χ3n) is 3.85. The molecule has 1 fully saturated rings. The van der Waals surface area contributed by atoms with Gasteiger partial charge in [-0.05, 0) is 42.5 Å². The minimum atomic E-state index is 0.222. The highest BCUT2D eigenvalue weighted by atomic mass is 16.5. The average Bonchev–Trinajstić information content (AvgIpc) is 3.27. The van der Waals surface area contributed by atoms with Crippen LogP contribution in [0.25, 0.3) is 0 Å². The number of benzene rings is 2. The first-order valence-electron chi connectivity index (χ1n) is 7.01. The second-order valence-electron chi connectivity index (χ2n) is 5.41. The molecule has 102 valence electrons. The van der Waals surface area contributed by atoms with Gasteiger partial charge in [-0.25, -0.2) is 0 Å². The first-order chi connectivity index (χ1) is 9.74. The van der Waals surface area contributed by atoms with Gasteiger partial charge >= 0.3 is 0 Å². The van der Waals surface area contributed by atoms with Crippen LogP contribution in [0, 0.1) is 5.92 Å². The topological polar surface area (TPSA) is 26.3 Å². The molecule has 0 saturated heterocycles. The van der Waals surface area contributed by atoms with Crippen molar-refractivity contribution in [2.24, 2.45) is 5.92 Å². The van der Waals surface area contributed by atoms with E-state index in [1.165, 1.54) is 5.56 Å². The lowest BCUT2D eigenvalue weighted by Crippen LogP contribution is -1.97. The maximum Gasteiger partial charge on any atom is 0.133 e. The second kappa shape index (κ2) is 5.49. The molecule has 0 aromatic heterocycles. The van der Waals surface area contributed by atoms with Gasteiger partial charge in [0.1, 0.15) is 18.1 Å². The Hall–Kier alpha value is -2.09. The van der Waals surface area contributed by atoms with Crippen molar-refractivity contribution in [1.29, 1.82) is 0 Å². The fourth-order valence-corrected chi connectivity index (χ4v) is 2.59. The Kier molecular flexibility index (Phi) is 3.55.